The van der Waals surface area contributed by atoms with Gasteiger partial charge in [-0.25, -0.2) is 16.8 Å². The van der Waals surface area contributed by atoms with Crippen molar-refractivity contribution in [2.45, 2.75) is 30.1 Å². The lowest BCUT2D eigenvalue weighted by molar-refractivity contribution is 0.601. The van der Waals surface area contributed by atoms with Crippen LogP contribution in [0.1, 0.15) is 22.3 Å². The smallest absolute Gasteiger partial charge is 0.123 e. The molecule has 0 amide bonds. The molecule has 0 saturated heterocycles. The summed E-state index contributed by atoms with van der Waals surface area (Å²) in [5.41, 5.74) is 5.98. The molecule has 6 nitrogen and oxygen atoms in total. The lowest BCUT2D eigenvalue weighted by Gasteiger charge is -2.22. The van der Waals surface area contributed by atoms with Crippen molar-refractivity contribution < 1.29 is 16.8 Å². The fourth-order valence-corrected chi connectivity index (χ4v) is 6.29. The van der Waals surface area contributed by atoms with Gasteiger partial charge in [-0.05, 0) is 66.8 Å². The lowest BCUT2D eigenvalue weighted by Crippen LogP contribution is -1.99. The van der Waals surface area contributed by atoms with E-state index in [4.69, 9.17) is 0 Å². The number of benzene rings is 4. The van der Waals surface area contributed by atoms with Crippen molar-refractivity contribution in [2.24, 2.45) is 0 Å². The molecule has 5 rings (SSSR count). The van der Waals surface area contributed by atoms with E-state index in [-0.39, 0.29) is 9.79 Å². The third-order valence-corrected chi connectivity index (χ3v) is 8.48. The Morgan fingerprint density at radius 1 is 0.571 bits per heavy atom. The molecule has 4 aromatic rings. The molecule has 0 fully saturated rings. The first kappa shape index (κ1) is 23.1. The standard InChI is InChI=1S/C27H22N2O4S2/c1-18-5-3-7-22(13-18)28-34(30,31)24-9-11-26-20(16-24)15-21-17-25(10-12-27(21)26)35(32,33)29-23-8-4-6-19(2)14-23/h3-14,16-17H,15H2,1-2H3/q-2. The summed E-state index contributed by atoms with van der Waals surface area (Å²) in [6.07, 6.45) is 0.423. The first-order valence-electron chi connectivity index (χ1n) is 11.0. The molecule has 35 heavy (non-hydrogen) atoms. The highest BCUT2D eigenvalue weighted by Crippen LogP contribution is 2.41. The molecule has 0 bridgehead atoms. The van der Waals surface area contributed by atoms with Crippen molar-refractivity contribution in [3.63, 3.8) is 0 Å². The van der Waals surface area contributed by atoms with E-state index in [2.05, 4.69) is 9.44 Å². The minimum absolute atomic E-state index is 0.104. The number of rotatable bonds is 6. The van der Waals surface area contributed by atoms with E-state index < -0.39 is 20.0 Å². The predicted molar refractivity (Wildman–Crippen MR) is 137 cm³/mol. The Labute approximate surface area is 205 Å². The minimum atomic E-state index is -3.89. The van der Waals surface area contributed by atoms with E-state index in [1.165, 1.54) is 0 Å². The highest BCUT2D eigenvalue weighted by atomic mass is 32.2. The maximum Gasteiger partial charge on any atom is 0.123 e. The zero-order chi connectivity index (χ0) is 24.8. The predicted octanol–water partition coefficient (Wildman–Crippen LogP) is 6.66. The van der Waals surface area contributed by atoms with E-state index in [0.717, 1.165) is 33.4 Å². The molecule has 178 valence electrons. The third-order valence-electron chi connectivity index (χ3n) is 5.87. The molecule has 0 radical (unpaired) electrons. The van der Waals surface area contributed by atoms with Gasteiger partial charge < -0.3 is 9.44 Å². The number of sulfonamides is 2. The van der Waals surface area contributed by atoms with Crippen LogP contribution in [0.15, 0.2) is 94.7 Å². The SMILES string of the molecule is Cc1cccc([N-]S(=O)(=O)c2ccc3c(c2)Cc2cc(S(=O)(=O)[N-]c4cccc(C)c4)ccc2-3)c1. The summed E-state index contributed by atoms with van der Waals surface area (Å²) in [6, 6.07) is 23.8. The summed E-state index contributed by atoms with van der Waals surface area (Å²) < 4.78 is 59.6. The Hall–Kier alpha value is -3.62. The highest BCUT2D eigenvalue weighted by molar-refractivity contribution is 7.94. The Kier molecular flexibility index (Phi) is 5.65. The zero-order valence-corrected chi connectivity index (χ0v) is 20.8. The average Bonchev–Trinajstić information content (AvgIpc) is 3.15. The molecule has 0 atom stereocenters. The number of fused-ring (bicyclic) bond motifs is 3. The topological polar surface area (TPSA) is 96.5 Å². The molecule has 0 N–H and O–H groups in total. The van der Waals surface area contributed by atoms with Gasteiger partial charge in [0.1, 0.15) is 20.0 Å². The Bertz CT molecular complexity index is 1550. The number of hydrogen-bond donors (Lipinski definition) is 0. The van der Waals surface area contributed by atoms with Crippen molar-refractivity contribution >= 4 is 31.4 Å². The molecule has 0 unspecified atom stereocenters. The van der Waals surface area contributed by atoms with Crippen LogP contribution in [-0.2, 0) is 26.5 Å². The van der Waals surface area contributed by atoms with E-state index >= 15 is 0 Å². The van der Waals surface area contributed by atoms with E-state index in [1.54, 1.807) is 72.8 Å². The van der Waals surface area contributed by atoms with Gasteiger partial charge in [0.05, 0.1) is 9.79 Å². The molecule has 1 aliphatic carbocycles. The van der Waals surface area contributed by atoms with Crippen LogP contribution in [0, 0.1) is 13.8 Å². The summed E-state index contributed by atoms with van der Waals surface area (Å²) in [7, 11) is -7.79. The first-order valence-corrected chi connectivity index (χ1v) is 13.8. The van der Waals surface area contributed by atoms with Crippen LogP contribution in [0.3, 0.4) is 0 Å². The van der Waals surface area contributed by atoms with Crippen LogP contribution >= 0.6 is 0 Å². The van der Waals surface area contributed by atoms with Crippen LogP contribution in [0.2, 0.25) is 0 Å². The second kappa shape index (κ2) is 8.55. The van der Waals surface area contributed by atoms with Crippen molar-refractivity contribution in [3.05, 3.63) is 117 Å². The van der Waals surface area contributed by atoms with E-state index in [0.29, 0.717) is 17.8 Å². The van der Waals surface area contributed by atoms with Gasteiger partial charge in [-0.1, -0.05) is 71.8 Å². The maximum absolute atomic E-state index is 12.9. The quantitative estimate of drug-likeness (QED) is 0.259. The second-order valence-corrected chi connectivity index (χ2v) is 11.8. The van der Waals surface area contributed by atoms with Gasteiger partial charge in [-0.15, -0.1) is 11.4 Å². The molecule has 0 spiro atoms. The molecule has 0 heterocycles. The molecular formula is C27H22N2O4S2-2. The van der Waals surface area contributed by atoms with Crippen LogP contribution in [0.5, 0.6) is 0 Å². The second-order valence-electron chi connectivity index (χ2n) is 8.63. The summed E-state index contributed by atoms with van der Waals surface area (Å²) >= 11 is 0. The fraction of sp³-hybridized carbons (Fsp3) is 0.111. The van der Waals surface area contributed by atoms with Crippen LogP contribution < -0.4 is 0 Å². The summed E-state index contributed by atoms with van der Waals surface area (Å²) in [4.78, 5) is 0.209. The summed E-state index contributed by atoms with van der Waals surface area (Å²) in [5.74, 6) is 0. The van der Waals surface area contributed by atoms with Crippen LogP contribution in [-0.4, -0.2) is 16.8 Å². The molecule has 0 saturated carbocycles. The van der Waals surface area contributed by atoms with Crippen molar-refractivity contribution in [1.82, 2.24) is 0 Å². The van der Waals surface area contributed by atoms with E-state index in [9.17, 15) is 16.8 Å². The van der Waals surface area contributed by atoms with Gasteiger partial charge in [0.2, 0.25) is 0 Å². The number of hydrogen-bond acceptors (Lipinski definition) is 4. The Morgan fingerprint density at radius 3 is 1.40 bits per heavy atom. The summed E-state index contributed by atoms with van der Waals surface area (Å²) in [6.45, 7) is 3.75. The third kappa shape index (κ3) is 4.67. The molecular weight excluding hydrogens is 480 g/mol. The average molecular weight is 503 g/mol. The molecule has 0 aliphatic heterocycles. The zero-order valence-electron chi connectivity index (χ0n) is 19.1. The van der Waals surface area contributed by atoms with Gasteiger partial charge in [0.25, 0.3) is 0 Å². The Balaban J connectivity index is 1.41. The molecule has 1 aliphatic rings. The van der Waals surface area contributed by atoms with E-state index in [1.807, 2.05) is 26.0 Å². The first-order chi connectivity index (χ1) is 16.6. The molecule has 8 heteroatoms. The summed E-state index contributed by atoms with van der Waals surface area (Å²) in [5, 5.41) is 0. The van der Waals surface area contributed by atoms with Gasteiger partial charge in [-0.3, -0.25) is 0 Å². The van der Waals surface area contributed by atoms with Crippen molar-refractivity contribution in [1.29, 1.82) is 0 Å². The molecule has 0 aromatic heterocycles. The minimum Gasteiger partial charge on any atom is -0.573 e. The Morgan fingerprint density at radius 2 is 1.00 bits per heavy atom. The monoisotopic (exact) mass is 502 g/mol. The maximum atomic E-state index is 12.9. The van der Waals surface area contributed by atoms with Gasteiger partial charge >= 0.3 is 0 Å². The lowest BCUT2D eigenvalue weighted by atomic mass is 10.1. The largest absolute Gasteiger partial charge is 0.573 e. The highest BCUT2D eigenvalue weighted by Gasteiger charge is 2.21. The molecule has 4 aromatic carbocycles. The normalized spacial score (nSPS) is 12.6. The van der Waals surface area contributed by atoms with Gasteiger partial charge in [-0.2, -0.15) is 0 Å². The van der Waals surface area contributed by atoms with Crippen molar-refractivity contribution in [2.75, 3.05) is 0 Å². The van der Waals surface area contributed by atoms with Gasteiger partial charge in [0.15, 0.2) is 0 Å². The van der Waals surface area contributed by atoms with Crippen LogP contribution in [0.4, 0.5) is 11.4 Å². The fourth-order valence-electron chi connectivity index (χ4n) is 4.24. The van der Waals surface area contributed by atoms with Crippen LogP contribution in [0.25, 0.3) is 20.6 Å². The van der Waals surface area contributed by atoms with Crippen molar-refractivity contribution in [3.8, 4) is 11.1 Å². The van der Waals surface area contributed by atoms with Gasteiger partial charge in [0, 0.05) is 0 Å². The number of aryl methyl sites for hydroxylation is 2. The number of nitrogens with zero attached hydrogens (tertiary/aromatic N) is 2.